The fraction of sp³-hybridized carbons (Fsp3) is 0.471. The smallest absolute Gasteiger partial charge is 0.497 e. The molecule has 1 aliphatic heterocycles. The number of carboxylic acid groups (broad SMARTS) is 1. The Bertz CT molecular complexity index is 735. The van der Waals surface area contributed by atoms with Crippen molar-refractivity contribution >= 4 is 52.8 Å². The molecule has 0 radical (unpaired) electrons. The Labute approximate surface area is 176 Å². The monoisotopic (exact) mass is 453 g/mol. The summed E-state index contributed by atoms with van der Waals surface area (Å²) < 4.78 is 12.8. The van der Waals surface area contributed by atoms with Crippen molar-refractivity contribution in [3.8, 4) is 5.75 Å². The zero-order valence-corrected chi connectivity index (χ0v) is 17.2. The molecule has 28 heavy (non-hydrogen) atoms. The van der Waals surface area contributed by atoms with Gasteiger partial charge in [-0.05, 0) is 24.6 Å². The number of carboxylic acids is 1. The number of benzene rings is 1. The lowest BCUT2D eigenvalue weighted by atomic mass is 9.82. The highest BCUT2D eigenvalue weighted by Crippen LogP contribution is 2.33. The average molecular weight is 455 g/mol. The Hall–Kier alpha value is -1.90. The van der Waals surface area contributed by atoms with Gasteiger partial charge in [-0.25, -0.2) is 9.59 Å². The van der Waals surface area contributed by atoms with Crippen molar-refractivity contribution in [3.63, 3.8) is 0 Å². The standard InChI is InChI=1S/C17H18Cl3NO7/c1-9(28-16(25)27-8-17(18,19)20)12-13(15(23)24)21(14(12)22)7-10-3-5-11(26-2)6-4-10/h3-6,9,12-13H,7-8H2,1-2H3,(H,23,24)/t9-,12?,13?/m1/s1. The number of β-lactam (4-membered cyclic amide) rings is 1. The van der Waals surface area contributed by atoms with Crippen LogP contribution >= 0.6 is 34.8 Å². The minimum Gasteiger partial charge on any atom is -0.497 e. The van der Waals surface area contributed by atoms with Crippen LogP contribution in [0.3, 0.4) is 0 Å². The van der Waals surface area contributed by atoms with E-state index >= 15 is 0 Å². The van der Waals surface area contributed by atoms with Crippen LogP contribution in [-0.4, -0.2) is 57.7 Å². The van der Waals surface area contributed by atoms with Crippen molar-refractivity contribution in [2.75, 3.05) is 13.7 Å². The van der Waals surface area contributed by atoms with Gasteiger partial charge in [0.2, 0.25) is 9.70 Å². The molecule has 0 spiro atoms. The van der Waals surface area contributed by atoms with Gasteiger partial charge in [0.15, 0.2) is 0 Å². The molecule has 2 rings (SSSR count). The minimum absolute atomic E-state index is 0.0979. The van der Waals surface area contributed by atoms with Crippen LogP contribution in [0.5, 0.6) is 5.75 Å². The molecular formula is C17H18Cl3NO7. The lowest BCUT2D eigenvalue weighted by Gasteiger charge is -2.46. The Kier molecular flexibility index (Phi) is 7.25. The molecule has 1 aromatic carbocycles. The van der Waals surface area contributed by atoms with Crippen molar-refractivity contribution in [1.29, 1.82) is 0 Å². The number of carbonyl (C=O) groups excluding carboxylic acids is 2. The van der Waals surface area contributed by atoms with Gasteiger partial charge >= 0.3 is 12.1 Å². The number of hydrogen-bond acceptors (Lipinski definition) is 6. The van der Waals surface area contributed by atoms with Gasteiger partial charge in [0.25, 0.3) is 0 Å². The number of amides is 1. The first-order valence-electron chi connectivity index (χ1n) is 8.10. The number of likely N-dealkylation sites (tertiary alicyclic amines) is 1. The third kappa shape index (κ3) is 5.56. The lowest BCUT2D eigenvalue weighted by Crippen LogP contribution is -2.67. The number of rotatable bonds is 7. The molecule has 1 heterocycles. The number of nitrogens with zero attached hydrogens (tertiary/aromatic N) is 1. The highest BCUT2D eigenvalue weighted by atomic mass is 35.6. The molecule has 2 unspecified atom stereocenters. The van der Waals surface area contributed by atoms with Gasteiger partial charge in [-0.2, -0.15) is 0 Å². The van der Waals surface area contributed by atoms with Crippen LogP contribution in [0.1, 0.15) is 12.5 Å². The molecule has 1 aromatic rings. The molecule has 1 aliphatic rings. The summed E-state index contributed by atoms with van der Waals surface area (Å²) >= 11 is 16.4. The Morgan fingerprint density at radius 1 is 1.25 bits per heavy atom. The second kappa shape index (κ2) is 9.07. The van der Waals surface area contributed by atoms with Gasteiger partial charge in [-0.1, -0.05) is 46.9 Å². The molecule has 3 atom stereocenters. The maximum absolute atomic E-state index is 12.5. The van der Waals surface area contributed by atoms with Gasteiger partial charge in [0.1, 0.15) is 30.4 Å². The van der Waals surface area contributed by atoms with E-state index in [9.17, 15) is 19.5 Å². The first kappa shape index (κ1) is 22.4. The fourth-order valence-corrected chi connectivity index (χ4v) is 2.99. The van der Waals surface area contributed by atoms with E-state index in [-0.39, 0.29) is 6.54 Å². The second-order valence-corrected chi connectivity index (χ2v) is 8.62. The number of methoxy groups -OCH3 is 1. The minimum atomic E-state index is -1.81. The molecule has 1 fully saturated rings. The van der Waals surface area contributed by atoms with E-state index in [1.807, 2.05) is 0 Å². The SMILES string of the molecule is COc1ccc(CN2C(=O)C([C@@H](C)OC(=O)OCC(Cl)(Cl)Cl)C2C(=O)O)cc1. The lowest BCUT2D eigenvalue weighted by molar-refractivity contribution is -0.179. The number of halogens is 3. The van der Waals surface area contributed by atoms with Gasteiger partial charge in [0.05, 0.1) is 7.11 Å². The Morgan fingerprint density at radius 2 is 1.86 bits per heavy atom. The summed E-state index contributed by atoms with van der Waals surface area (Å²) in [7, 11) is 1.53. The van der Waals surface area contributed by atoms with E-state index < -0.39 is 46.5 Å². The number of alkyl halides is 3. The summed E-state index contributed by atoms with van der Waals surface area (Å²) in [6, 6.07) is 5.72. The highest BCUT2D eigenvalue weighted by Gasteiger charge is 2.55. The van der Waals surface area contributed by atoms with Crippen LogP contribution in [-0.2, 0) is 25.6 Å². The van der Waals surface area contributed by atoms with Crippen LogP contribution in [0, 0.1) is 5.92 Å². The van der Waals surface area contributed by atoms with Crippen LogP contribution in [0.25, 0.3) is 0 Å². The van der Waals surface area contributed by atoms with Crippen LogP contribution < -0.4 is 4.74 Å². The first-order valence-corrected chi connectivity index (χ1v) is 9.23. The summed E-state index contributed by atoms with van der Waals surface area (Å²) in [5, 5.41) is 9.51. The normalized spacial score (nSPS) is 20.2. The summed E-state index contributed by atoms with van der Waals surface area (Å²) in [4.78, 5) is 37.0. The predicted molar refractivity (Wildman–Crippen MR) is 101 cm³/mol. The molecule has 0 bridgehead atoms. The van der Waals surface area contributed by atoms with Gasteiger partial charge in [-0.15, -0.1) is 0 Å². The van der Waals surface area contributed by atoms with Crippen molar-refractivity contribution in [2.24, 2.45) is 5.92 Å². The number of aliphatic carboxylic acids is 1. The van der Waals surface area contributed by atoms with Crippen LogP contribution in [0.2, 0.25) is 0 Å². The van der Waals surface area contributed by atoms with E-state index in [0.29, 0.717) is 5.75 Å². The summed E-state index contributed by atoms with van der Waals surface area (Å²) in [6.45, 7) is 0.953. The maximum Gasteiger partial charge on any atom is 0.508 e. The third-order valence-corrected chi connectivity index (χ3v) is 4.48. The van der Waals surface area contributed by atoms with E-state index in [1.165, 1.54) is 18.9 Å². The quantitative estimate of drug-likeness (QED) is 0.384. The predicted octanol–water partition coefficient (Wildman–Crippen LogP) is 3.02. The second-order valence-electron chi connectivity index (χ2n) is 6.10. The van der Waals surface area contributed by atoms with E-state index in [0.717, 1.165) is 5.56 Å². The maximum atomic E-state index is 12.5. The Morgan fingerprint density at radius 3 is 2.36 bits per heavy atom. The zero-order chi connectivity index (χ0) is 21.1. The molecule has 1 amide bonds. The van der Waals surface area contributed by atoms with Gasteiger partial charge in [0, 0.05) is 6.54 Å². The van der Waals surface area contributed by atoms with E-state index in [2.05, 4.69) is 4.74 Å². The third-order valence-electron chi connectivity index (χ3n) is 4.15. The molecule has 1 saturated heterocycles. The largest absolute Gasteiger partial charge is 0.508 e. The van der Waals surface area contributed by atoms with Crippen LogP contribution in [0.15, 0.2) is 24.3 Å². The number of hydrogen-bond donors (Lipinski definition) is 1. The topological polar surface area (TPSA) is 102 Å². The van der Waals surface area contributed by atoms with Crippen molar-refractivity contribution in [2.45, 2.75) is 29.4 Å². The summed E-state index contributed by atoms with van der Waals surface area (Å²) in [5.74, 6) is -2.06. The average Bonchev–Trinajstić information content (AvgIpc) is 2.61. The summed E-state index contributed by atoms with van der Waals surface area (Å²) in [6.07, 6.45) is -2.20. The van der Waals surface area contributed by atoms with E-state index in [4.69, 9.17) is 44.3 Å². The molecule has 0 aromatic heterocycles. The van der Waals surface area contributed by atoms with Gasteiger partial charge < -0.3 is 24.2 Å². The van der Waals surface area contributed by atoms with Gasteiger partial charge in [-0.3, -0.25) is 4.79 Å². The molecule has 11 heteroatoms. The molecule has 154 valence electrons. The molecule has 0 aliphatic carbocycles. The zero-order valence-electron chi connectivity index (χ0n) is 14.9. The van der Waals surface area contributed by atoms with Crippen molar-refractivity contribution in [3.05, 3.63) is 29.8 Å². The van der Waals surface area contributed by atoms with Crippen molar-refractivity contribution < 1.29 is 33.7 Å². The van der Waals surface area contributed by atoms with Crippen LogP contribution in [0.4, 0.5) is 4.79 Å². The molecular weight excluding hydrogens is 437 g/mol. The van der Waals surface area contributed by atoms with E-state index in [1.54, 1.807) is 24.3 Å². The van der Waals surface area contributed by atoms with Crippen molar-refractivity contribution in [1.82, 2.24) is 4.90 Å². The highest BCUT2D eigenvalue weighted by molar-refractivity contribution is 6.67. The fourth-order valence-electron chi connectivity index (χ4n) is 2.82. The molecule has 1 N–H and O–H groups in total. The molecule has 8 nitrogen and oxygen atoms in total. The number of ether oxygens (including phenoxy) is 3. The first-order chi connectivity index (χ1) is 13.0. The number of carbonyl (C=O) groups is 3. The summed E-state index contributed by atoms with van der Waals surface area (Å²) in [5.41, 5.74) is 0.731. The Balaban J connectivity index is 2.00. The molecule has 0 saturated carbocycles.